The molecule has 0 aliphatic heterocycles. The summed E-state index contributed by atoms with van der Waals surface area (Å²) in [5.41, 5.74) is 10.2. The Morgan fingerprint density at radius 2 is 1.44 bits per heavy atom. The Bertz CT molecular complexity index is 238. The molecular formula is C9H22N2O4Si. The van der Waals surface area contributed by atoms with Gasteiger partial charge in [-0.2, -0.15) is 0 Å². The molecule has 96 valence electrons. The molecule has 6 nitrogen and oxygen atoms in total. The second-order valence-electron chi connectivity index (χ2n) is 4.84. The number of carbonyl (C=O) groups is 2. The molecule has 0 saturated heterocycles. The molecule has 16 heavy (non-hydrogen) atoms. The summed E-state index contributed by atoms with van der Waals surface area (Å²) in [6.07, 6.45) is 0. The maximum atomic E-state index is 10.3. The first-order valence-electron chi connectivity index (χ1n) is 4.94. The van der Waals surface area contributed by atoms with Crippen molar-refractivity contribution < 1.29 is 19.8 Å². The highest BCUT2D eigenvalue weighted by atomic mass is 28.3. The Hall–Kier alpha value is -0.923. The maximum absolute atomic E-state index is 10.3. The molecule has 0 heterocycles. The van der Waals surface area contributed by atoms with Crippen LogP contribution < -0.4 is 11.5 Å². The van der Waals surface area contributed by atoms with Gasteiger partial charge in [0.05, 0.1) is 0 Å². The van der Waals surface area contributed by atoms with Crippen LogP contribution in [0.2, 0.25) is 25.7 Å². The van der Waals surface area contributed by atoms with Crippen LogP contribution in [0.3, 0.4) is 0 Å². The largest absolute Gasteiger partial charge is 0.480 e. The summed E-state index contributed by atoms with van der Waals surface area (Å²) in [7, 11) is -1.29. The summed E-state index contributed by atoms with van der Waals surface area (Å²) in [5.74, 6) is -1.85. The summed E-state index contributed by atoms with van der Waals surface area (Å²) in [4.78, 5) is 19.8. The highest BCUT2D eigenvalue weighted by Gasteiger charge is 2.21. The minimum absolute atomic E-state index is 0.655. The lowest BCUT2D eigenvalue weighted by Gasteiger charge is -2.17. The van der Waals surface area contributed by atoms with Crippen molar-refractivity contribution in [2.24, 2.45) is 11.5 Å². The summed E-state index contributed by atoms with van der Waals surface area (Å²) >= 11 is 0. The van der Waals surface area contributed by atoms with E-state index >= 15 is 0 Å². The van der Waals surface area contributed by atoms with Gasteiger partial charge in [-0.05, 0) is 13.0 Å². The first-order chi connectivity index (χ1) is 6.97. The number of hydrogen-bond acceptors (Lipinski definition) is 4. The predicted molar refractivity (Wildman–Crippen MR) is 65.0 cm³/mol. The summed E-state index contributed by atoms with van der Waals surface area (Å²) < 4.78 is 0. The number of aliphatic carboxylic acids is 2. The topological polar surface area (TPSA) is 127 Å². The monoisotopic (exact) mass is 250 g/mol. The molecule has 0 spiro atoms. The lowest BCUT2D eigenvalue weighted by molar-refractivity contribution is -0.139. The molecule has 0 bridgehead atoms. The van der Waals surface area contributed by atoms with Crippen LogP contribution in [0.5, 0.6) is 0 Å². The molecule has 0 fully saturated rings. The average Bonchev–Trinajstić information content (AvgIpc) is 2.01. The average molecular weight is 250 g/mol. The van der Waals surface area contributed by atoms with E-state index in [1.54, 1.807) is 0 Å². The van der Waals surface area contributed by atoms with E-state index in [4.69, 9.17) is 21.7 Å². The molecule has 0 aliphatic rings. The number of rotatable bonds is 4. The molecule has 2 atom stereocenters. The smallest absolute Gasteiger partial charge is 0.320 e. The molecular weight excluding hydrogens is 228 g/mol. The van der Waals surface area contributed by atoms with E-state index in [1.807, 2.05) is 0 Å². The molecule has 0 aliphatic carbocycles. The third-order valence-electron chi connectivity index (χ3n) is 1.54. The van der Waals surface area contributed by atoms with Gasteiger partial charge >= 0.3 is 11.9 Å². The Kier molecular flexibility index (Phi) is 8.04. The van der Waals surface area contributed by atoms with E-state index in [0.717, 1.165) is 0 Å². The van der Waals surface area contributed by atoms with Crippen molar-refractivity contribution in [1.82, 2.24) is 0 Å². The van der Waals surface area contributed by atoms with Crippen LogP contribution in [0.4, 0.5) is 0 Å². The van der Waals surface area contributed by atoms with Gasteiger partial charge < -0.3 is 21.7 Å². The standard InChI is InChI=1S/C6H15NO2Si.C3H7NO2/c1-10(2,3)4-5(7)6(8)9;1-2(4)3(5)6/h5H,4,7H2,1-3H3,(H,8,9);2H,4H2,1H3,(H,5,6)/t5-;2-/m00/s1. The van der Waals surface area contributed by atoms with Crippen molar-refractivity contribution in [2.75, 3.05) is 0 Å². The van der Waals surface area contributed by atoms with Crippen molar-refractivity contribution in [1.29, 1.82) is 0 Å². The van der Waals surface area contributed by atoms with Gasteiger partial charge in [0, 0.05) is 8.07 Å². The van der Waals surface area contributed by atoms with Crippen LogP contribution in [0.25, 0.3) is 0 Å². The van der Waals surface area contributed by atoms with E-state index in [2.05, 4.69) is 19.6 Å². The zero-order valence-corrected chi connectivity index (χ0v) is 11.2. The van der Waals surface area contributed by atoms with Crippen molar-refractivity contribution >= 4 is 20.0 Å². The zero-order valence-electron chi connectivity index (χ0n) is 10.2. The Morgan fingerprint density at radius 1 is 1.12 bits per heavy atom. The van der Waals surface area contributed by atoms with Gasteiger partial charge in [0.15, 0.2) is 0 Å². The fourth-order valence-corrected chi connectivity index (χ4v) is 2.24. The Labute approximate surface area is 96.6 Å². The molecule has 0 amide bonds. The van der Waals surface area contributed by atoms with Crippen LogP contribution in [0, 0.1) is 0 Å². The predicted octanol–water partition coefficient (Wildman–Crippen LogP) is 0.155. The number of hydrogen-bond donors (Lipinski definition) is 4. The van der Waals surface area contributed by atoms with Gasteiger partial charge in [0.2, 0.25) is 0 Å². The molecule has 0 aromatic rings. The van der Waals surface area contributed by atoms with E-state index < -0.39 is 32.1 Å². The minimum atomic E-state index is -1.29. The summed E-state index contributed by atoms with van der Waals surface area (Å²) in [6.45, 7) is 7.74. The lowest BCUT2D eigenvalue weighted by atomic mass is 10.4. The van der Waals surface area contributed by atoms with Gasteiger partial charge in [0.25, 0.3) is 0 Å². The Morgan fingerprint density at radius 3 is 1.50 bits per heavy atom. The third kappa shape index (κ3) is 13.1. The van der Waals surface area contributed by atoms with Crippen molar-refractivity contribution in [3.63, 3.8) is 0 Å². The maximum Gasteiger partial charge on any atom is 0.320 e. The normalized spacial score (nSPS) is 14.4. The van der Waals surface area contributed by atoms with E-state index in [9.17, 15) is 9.59 Å². The molecule has 0 radical (unpaired) electrons. The molecule has 0 unspecified atom stereocenters. The SMILES string of the molecule is C[C@H](N)C(=O)O.C[Si](C)(C)C[C@H](N)C(=O)O. The Balaban J connectivity index is 0. The summed E-state index contributed by atoms with van der Waals surface area (Å²) in [6, 6.07) is -0.737. The van der Waals surface area contributed by atoms with Gasteiger partial charge in [0.1, 0.15) is 12.1 Å². The second kappa shape index (κ2) is 7.37. The van der Waals surface area contributed by atoms with Gasteiger partial charge in [-0.25, -0.2) is 0 Å². The van der Waals surface area contributed by atoms with Gasteiger partial charge in [-0.1, -0.05) is 19.6 Å². The third-order valence-corrected chi connectivity index (χ3v) is 3.20. The minimum Gasteiger partial charge on any atom is -0.480 e. The molecule has 7 heteroatoms. The molecule has 6 N–H and O–H groups in total. The number of carboxylic acid groups (broad SMARTS) is 2. The zero-order chi connectivity index (χ0) is 13.5. The second-order valence-corrected chi connectivity index (χ2v) is 10.4. The highest BCUT2D eigenvalue weighted by molar-refractivity contribution is 6.76. The van der Waals surface area contributed by atoms with Crippen LogP contribution in [-0.4, -0.2) is 42.3 Å². The highest BCUT2D eigenvalue weighted by Crippen LogP contribution is 2.09. The lowest BCUT2D eigenvalue weighted by Crippen LogP contribution is -2.37. The first-order valence-corrected chi connectivity index (χ1v) is 8.65. The number of carboxylic acids is 2. The molecule has 0 aromatic heterocycles. The summed E-state index contributed by atoms with van der Waals surface area (Å²) in [5, 5.41) is 16.3. The van der Waals surface area contributed by atoms with Crippen molar-refractivity contribution in [3.05, 3.63) is 0 Å². The van der Waals surface area contributed by atoms with Crippen LogP contribution in [0.1, 0.15) is 6.92 Å². The van der Waals surface area contributed by atoms with Crippen molar-refractivity contribution in [2.45, 2.75) is 44.7 Å². The fraction of sp³-hybridized carbons (Fsp3) is 0.778. The van der Waals surface area contributed by atoms with Crippen LogP contribution >= 0.6 is 0 Å². The quantitative estimate of drug-likeness (QED) is 0.526. The molecule has 0 aromatic carbocycles. The molecule has 0 rings (SSSR count). The van der Waals surface area contributed by atoms with Crippen molar-refractivity contribution in [3.8, 4) is 0 Å². The van der Waals surface area contributed by atoms with E-state index in [-0.39, 0.29) is 0 Å². The van der Waals surface area contributed by atoms with Gasteiger partial charge in [-0.3, -0.25) is 9.59 Å². The van der Waals surface area contributed by atoms with Crippen LogP contribution in [-0.2, 0) is 9.59 Å². The molecule has 0 saturated carbocycles. The van der Waals surface area contributed by atoms with E-state index in [0.29, 0.717) is 6.04 Å². The van der Waals surface area contributed by atoms with Gasteiger partial charge in [-0.15, -0.1) is 0 Å². The van der Waals surface area contributed by atoms with Crippen LogP contribution in [0.15, 0.2) is 0 Å². The first kappa shape index (κ1) is 17.5. The fourth-order valence-electron chi connectivity index (χ4n) is 0.747. The van der Waals surface area contributed by atoms with E-state index in [1.165, 1.54) is 6.92 Å². The number of nitrogens with two attached hydrogens (primary N) is 2.